The summed E-state index contributed by atoms with van der Waals surface area (Å²) in [6, 6.07) is 0. The molecule has 0 unspecified atom stereocenters. The number of rotatable bonds is 6. The topological polar surface area (TPSA) is 64.8 Å². The maximum Gasteiger partial charge on any atom is 0.410 e. The molecule has 0 atom stereocenters. The molecule has 0 aliphatic carbocycles. The third-order valence-corrected chi connectivity index (χ3v) is 8.22. The predicted octanol–water partition coefficient (Wildman–Crippen LogP) is 3.20. The Kier molecular flexibility index (Phi) is 7.39. The van der Waals surface area contributed by atoms with Gasteiger partial charge in [-0.05, 0) is 38.9 Å². The van der Waals surface area contributed by atoms with Crippen molar-refractivity contribution in [3.8, 4) is 0 Å². The van der Waals surface area contributed by atoms with E-state index >= 15 is 0 Å². The standard InChI is InChI=1S/C15H34N2O3Si/c1-14(2,3)20-13(18)17(10-9-16)11-12-19-21(7,8)15(4,5)6/h9-12,16H2,1-8H3. The van der Waals surface area contributed by atoms with E-state index in [9.17, 15) is 4.79 Å². The quantitative estimate of drug-likeness (QED) is 0.764. The number of amides is 1. The molecule has 0 fully saturated rings. The summed E-state index contributed by atoms with van der Waals surface area (Å²) in [5.74, 6) is 0. The maximum absolute atomic E-state index is 12.1. The van der Waals surface area contributed by atoms with Crippen LogP contribution in [0.5, 0.6) is 0 Å². The highest BCUT2D eigenvalue weighted by Crippen LogP contribution is 2.36. The first-order valence-electron chi connectivity index (χ1n) is 7.62. The van der Waals surface area contributed by atoms with Crippen LogP contribution in [0, 0.1) is 0 Å². The average molecular weight is 319 g/mol. The fraction of sp³-hybridized carbons (Fsp3) is 0.933. The molecule has 0 bridgehead atoms. The van der Waals surface area contributed by atoms with Gasteiger partial charge in [-0.3, -0.25) is 0 Å². The van der Waals surface area contributed by atoms with E-state index < -0.39 is 13.9 Å². The molecular formula is C15H34N2O3Si. The van der Waals surface area contributed by atoms with Crippen molar-refractivity contribution in [1.29, 1.82) is 0 Å². The SMILES string of the molecule is CC(C)(C)OC(=O)N(CCN)CCO[Si](C)(C)C(C)(C)C. The van der Waals surface area contributed by atoms with Gasteiger partial charge in [0.2, 0.25) is 0 Å². The molecular weight excluding hydrogens is 284 g/mol. The monoisotopic (exact) mass is 318 g/mol. The van der Waals surface area contributed by atoms with Gasteiger partial charge in [0, 0.05) is 19.6 Å². The van der Waals surface area contributed by atoms with Gasteiger partial charge in [0.1, 0.15) is 5.60 Å². The van der Waals surface area contributed by atoms with Crippen LogP contribution in [0.25, 0.3) is 0 Å². The van der Waals surface area contributed by atoms with Gasteiger partial charge in [0.15, 0.2) is 8.32 Å². The van der Waals surface area contributed by atoms with Crippen molar-refractivity contribution in [1.82, 2.24) is 4.90 Å². The Morgan fingerprint density at radius 1 is 1.10 bits per heavy atom. The van der Waals surface area contributed by atoms with Gasteiger partial charge in [-0.1, -0.05) is 20.8 Å². The first kappa shape index (κ1) is 20.4. The van der Waals surface area contributed by atoms with Gasteiger partial charge >= 0.3 is 6.09 Å². The fourth-order valence-corrected chi connectivity index (χ4v) is 2.44. The van der Waals surface area contributed by atoms with E-state index in [4.69, 9.17) is 14.9 Å². The molecule has 6 heteroatoms. The average Bonchev–Trinajstić information content (AvgIpc) is 2.23. The molecule has 0 radical (unpaired) electrons. The van der Waals surface area contributed by atoms with E-state index in [1.54, 1.807) is 4.90 Å². The zero-order valence-electron chi connectivity index (χ0n) is 15.1. The van der Waals surface area contributed by atoms with Crippen molar-refractivity contribution in [2.45, 2.75) is 65.3 Å². The molecule has 126 valence electrons. The van der Waals surface area contributed by atoms with Crippen LogP contribution in [-0.2, 0) is 9.16 Å². The Hall–Kier alpha value is -0.593. The van der Waals surface area contributed by atoms with Crippen LogP contribution in [0.2, 0.25) is 18.1 Å². The summed E-state index contributed by atoms with van der Waals surface area (Å²) in [4.78, 5) is 13.7. The highest BCUT2D eigenvalue weighted by atomic mass is 28.4. The molecule has 0 aromatic heterocycles. The summed E-state index contributed by atoms with van der Waals surface area (Å²) < 4.78 is 11.5. The summed E-state index contributed by atoms with van der Waals surface area (Å²) in [6.45, 7) is 18.5. The third-order valence-electron chi connectivity index (χ3n) is 3.68. The number of nitrogens with zero attached hydrogens (tertiary/aromatic N) is 1. The number of hydrogen-bond acceptors (Lipinski definition) is 4. The van der Waals surface area contributed by atoms with Crippen molar-refractivity contribution in [3.05, 3.63) is 0 Å². The minimum Gasteiger partial charge on any atom is -0.444 e. The number of nitrogens with two attached hydrogens (primary N) is 1. The van der Waals surface area contributed by atoms with Crippen LogP contribution in [0.3, 0.4) is 0 Å². The molecule has 0 saturated carbocycles. The van der Waals surface area contributed by atoms with Gasteiger partial charge in [-0.2, -0.15) is 0 Å². The normalized spacial score (nSPS) is 13.2. The van der Waals surface area contributed by atoms with Crippen LogP contribution in [-0.4, -0.2) is 51.2 Å². The minimum absolute atomic E-state index is 0.164. The Labute approximate surface area is 131 Å². The number of carbonyl (C=O) groups excluding carboxylic acids is 1. The Morgan fingerprint density at radius 3 is 2.00 bits per heavy atom. The molecule has 2 N–H and O–H groups in total. The molecule has 0 spiro atoms. The second kappa shape index (κ2) is 7.60. The van der Waals surface area contributed by atoms with Crippen molar-refractivity contribution in [2.75, 3.05) is 26.2 Å². The van der Waals surface area contributed by atoms with E-state index in [0.29, 0.717) is 26.2 Å². The van der Waals surface area contributed by atoms with Crippen LogP contribution < -0.4 is 5.73 Å². The highest BCUT2D eigenvalue weighted by molar-refractivity contribution is 6.74. The second-order valence-electron chi connectivity index (χ2n) is 7.86. The smallest absolute Gasteiger partial charge is 0.410 e. The van der Waals surface area contributed by atoms with E-state index in [1.807, 2.05) is 20.8 Å². The summed E-state index contributed by atoms with van der Waals surface area (Å²) in [7, 11) is -1.79. The van der Waals surface area contributed by atoms with Gasteiger partial charge < -0.3 is 19.8 Å². The molecule has 0 aliphatic heterocycles. The van der Waals surface area contributed by atoms with Gasteiger partial charge in [-0.25, -0.2) is 4.79 Å². The molecule has 21 heavy (non-hydrogen) atoms. The van der Waals surface area contributed by atoms with Crippen molar-refractivity contribution in [3.63, 3.8) is 0 Å². The molecule has 0 heterocycles. The third kappa shape index (κ3) is 7.83. The van der Waals surface area contributed by atoms with Crippen LogP contribution >= 0.6 is 0 Å². The summed E-state index contributed by atoms with van der Waals surface area (Å²) in [6.07, 6.45) is -0.327. The lowest BCUT2D eigenvalue weighted by atomic mass is 10.2. The molecule has 0 saturated heterocycles. The number of hydrogen-bond donors (Lipinski definition) is 1. The lowest BCUT2D eigenvalue weighted by molar-refractivity contribution is 0.0229. The van der Waals surface area contributed by atoms with Gasteiger partial charge in [-0.15, -0.1) is 0 Å². The van der Waals surface area contributed by atoms with Gasteiger partial charge in [0.25, 0.3) is 0 Å². The number of ether oxygens (including phenoxy) is 1. The predicted molar refractivity (Wildman–Crippen MR) is 90.0 cm³/mol. The first-order valence-corrected chi connectivity index (χ1v) is 10.5. The second-order valence-corrected chi connectivity index (χ2v) is 12.7. The van der Waals surface area contributed by atoms with Crippen molar-refractivity contribution >= 4 is 14.4 Å². The maximum atomic E-state index is 12.1. The molecule has 0 aromatic carbocycles. The van der Waals surface area contributed by atoms with E-state index in [-0.39, 0.29) is 11.1 Å². The Morgan fingerprint density at radius 2 is 1.62 bits per heavy atom. The summed E-state index contributed by atoms with van der Waals surface area (Å²) in [5, 5.41) is 0.164. The van der Waals surface area contributed by atoms with Crippen LogP contribution in [0.15, 0.2) is 0 Å². The largest absolute Gasteiger partial charge is 0.444 e. The minimum atomic E-state index is -1.79. The van der Waals surface area contributed by atoms with Crippen molar-refractivity contribution in [2.24, 2.45) is 5.73 Å². The number of carbonyl (C=O) groups is 1. The molecule has 0 rings (SSSR count). The lowest BCUT2D eigenvalue weighted by Gasteiger charge is -2.37. The van der Waals surface area contributed by atoms with E-state index in [1.165, 1.54) is 0 Å². The first-order chi connectivity index (χ1) is 9.30. The highest BCUT2D eigenvalue weighted by Gasteiger charge is 2.37. The summed E-state index contributed by atoms with van der Waals surface area (Å²) >= 11 is 0. The van der Waals surface area contributed by atoms with Crippen molar-refractivity contribution < 1.29 is 14.0 Å². The molecule has 0 aromatic rings. The summed E-state index contributed by atoms with van der Waals surface area (Å²) in [5.41, 5.74) is 5.08. The lowest BCUT2D eigenvalue weighted by Crippen LogP contribution is -2.45. The molecule has 0 aliphatic rings. The van der Waals surface area contributed by atoms with Crippen LogP contribution in [0.4, 0.5) is 4.79 Å². The van der Waals surface area contributed by atoms with Crippen LogP contribution in [0.1, 0.15) is 41.5 Å². The Bertz CT molecular complexity index is 333. The zero-order valence-corrected chi connectivity index (χ0v) is 16.1. The zero-order chi connectivity index (χ0) is 16.9. The van der Waals surface area contributed by atoms with E-state index in [0.717, 1.165) is 0 Å². The molecule has 1 amide bonds. The fourth-order valence-electron chi connectivity index (χ4n) is 1.40. The Balaban J connectivity index is 4.51. The van der Waals surface area contributed by atoms with Gasteiger partial charge in [0.05, 0.1) is 6.61 Å². The van der Waals surface area contributed by atoms with E-state index in [2.05, 4.69) is 33.9 Å². The molecule has 5 nitrogen and oxygen atoms in total.